The zero-order valence-electron chi connectivity index (χ0n) is 8.19. The van der Waals surface area contributed by atoms with Gasteiger partial charge in [0.2, 0.25) is 0 Å². The van der Waals surface area contributed by atoms with E-state index in [0.717, 1.165) is 12.2 Å². The van der Waals surface area contributed by atoms with Crippen molar-refractivity contribution in [2.24, 2.45) is 0 Å². The molecule has 1 fully saturated rings. The fourth-order valence-electron chi connectivity index (χ4n) is 1.28. The number of aliphatic hydroxyl groups excluding tert-OH is 1. The number of cyclic esters (lactones) is 1. The Morgan fingerprint density at radius 3 is 1.88 bits per heavy atom. The average molecular weight is 267 g/mol. The normalized spacial score (nSPS) is 26.8. The highest BCUT2D eigenvalue weighted by Gasteiger charge is 2.78. The van der Waals surface area contributed by atoms with Crippen LogP contribution in [0.5, 0.6) is 0 Å². The van der Waals surface area contributed by atoms with Gasteiger partial charge in [-0.2, -0.15) is 26.3 Å². The number of nitrogens with one attached hydrogen (secondary N) is 1. The first kappa shape index (κ1) is 14.0. The summed E-state index contributed by atoms with van der Waals surface area (Å²) < 4.78 is 77.7. The van der Waals surface area contributed by atoms with Gasteiger partial charge in [-0.1, -0.05) is 0 Å². The van der Waals surface area contributed by atoms with Crippen LogP contribution in [0.25, 0.3) is 0 Å². The fourth-order valence-corrected chi connectivity index (χ4v) is 1.28. The van der Waals surface area contributed by atoms with Gasteiger partial charge in [-0.05, 0) is 6.92 Å². The predicted molar refractivity (Wildman–Crippen MR) is 39.5 cm³/mol. The van der Waals surface area contributed by atoms with Gasteiger partial charge in [0.1, 0.15) is 6.04 Å². The standard InChI is InChI=1S/C7H7F6NO3/c1-2(15)3-4(16)17-5(14-3,6(8,9)10)7(11,12)13/h2-3,14-15H,1H3/t2-,3+/m1/s1. The first-order valence-electron chi connectivity index (χ1n) is 4.24. The predicted octanol–water partition coefficient (Wildman–Crippen LogP) is 0.703. The molecule has 17 heavy (non-hydrogen) atoms. The number of halogens is 6. The number of ether oxygens (including phenoxy) is 1. The fraction of sp³-hybridized carbons (Fsp3) is 0.857. The van der Waals surface area contributed by atoms with Crippen molar-refractivity contribution in [3.8, 4) is 0 Å². The molecule has 0 aromatic carbocycles. The number of carbonyl (C=O) groups excluding carboxylic acids is 1. The van der Waals surface area contributed by atoms with E-state index in [1.807, 2.05) is 0 Å². The Balaban J connectivity index is 3.19. The molecule has 0 spiro atoms. The highest BCUT2D eigenvalue weighted by Crippen LogP contribution is 2.46. The lowest BCUT2D eigenvalue weighted by atomic mass is 10.1. The van der Waals surface area contributed by atoms with Crippen molar-refractivity contribution in [2.75, 3.05) is 0 Å². The summed E-state index contributed by atoms with van der Waals surface area (Å²) in [6, 6.07) is -2.08. The summed E-state index contributed by atoms with van der Waals surface area (Å²) in [4.78, 5) is 10.9. The van der Waals surface area contributed by atoms with Crippen molar-refractivity contribution in [1.82, 2.24) is 5.32 Å². The molecular weight excluding hydrogens is 260 g/mol. The summed E-state index contributed by atoms with van der Waals surface area (Å²) in [5.74, 6) is -1.81. The smallest absolute Gasteiger partial charge is 0.424 e. The Labute approximate surface area is 90.5 Å². The van der Waals surface area contributed by atoms with Crippen LogP contribution in [-0.2, 0) is 9.53 Å². The summed E-state index contributed by atoms with van der Waals surface area (Å²) in [5.41, 5.74) is -4.77. The highest BCUT2D eigenvalue weighted by molar-refractivity contribution is 5.79. The molecule has 0 unspecified atom stereocenters. The van der Waals surface area contributed by atoms with E-state index in [2.05, 4.69) is 4.74 Å². The van der Waals surface area contributed by atoms with Crippen molar-refractivity contribution in [2.45, 2.75) is 37.1 Å². The van der Waals surface area contributed by atoms with Gasteiger partial charge < -0.3 is 9.84 Å². The monoisotopic (exact) mass is 267 g/mol. The second-order valence-corrected chi connectivity index (χ2v) is 3.46. The van der Waals surface area contributed by atoms with Crippen LogP contribution in [0.2, 0.25) is 0 Å². The minimum absolute atomic E-state index is 0.863. The summed E-state index contributed by atoms with van der Waals surface area (Å²) in [6.07, 6.45) is -13.5. The number of alkyl halides is 6. The molecule has 0 amide bonds. The second-order valence-electron chi connectivity index (χ2n) is 3.46. The molecule has 1 aliphatic heterocycles. The molecule has 0 aromatic rings. The number of carbonyl (C=O) groups is 1. The number of hydrogen-bond acceptors (Lipinski definition) is 4. The lowest BCUT2D eigenvalue weighted by molar-refractivity contribution is -0.369. The van der Waals surface area contributed by atoms with E-state index in [4.69, 9.17) is 5.11 Å². The third kappa shape index (κ3) is 2.06. The second kappa shape index (κ2) is 3.73. The van der Waals surface area contributed by atoms with E-state index in [1.165, 1.54) is 0 Å². The Morgan fingerprint density at radius 2 is 1.71 bits per heavy atom. The van der Waals surface area contributed by atoms with E-state index < -0.39 is 36.2 Å². The zero-order valence-corrected chi connectivity index (χ0v) is 8.19. The van der Waals surface area contributed by atoms with Crippen molar-refractivity contribution < 1.29 is 41.0 Å². The van der Waals surface area contributed by atoms with Gasteiger partial charge in [-0.25, -0.2) is 5.32 Å². The number of aliphatic hydroxyl groups is 1. The van der Waals surface area contributed by atoms with Crippen LogP contribution < -0.4 is 5.32 Å². The molecule has 2 N–H and O–H groups in total. The maximum Gasteiger partial charge on any atom is 0.452 e. The minimum Gasteiger partial charge on any atom is -0.424 e. The Bertz CT molecular complexity index is 309. The SMILES string of the molecule is C[C@@H](O)[C@@H]1NC(C(F)(F)F)(C(F)(F)F)OC1=O. The van der Waals surface area contributed by atoms with Crippen molar-refractivity contribution >= 4 is 5.97 Å². The van der Waals surface area contributed by atoms with Gasteiger partial charge in [-0.3, -0.25) is 4.79 Å². The van der Waals surface area contributed by atoms with Crippen molar-refractivity contribution in [1.29, 1.82) is 0 Å². The molecule has 1 heterocycles. The molecule has 0 aromatic heterocycles. The Morgan fingerprint density at radius 1 is 1.29 bits per heavy atom. The van der Waals surface area contributed by atoms with Crippen LogP contribution in [-0.4, -0.2) is 41.3 Å². The number of esters is 1. The molecule has 4 nitrogen and oxygen atoms in total. The quantitative estimate of drug-likeness (QED) is 0.542. The summed E-state index contributed by atoms with van der Waals surface area (Å²) in [7, 11) is 0. The topological polar surface area (TPSA) is 58.6 Å². The first-order chi connectivity index (χ1) is 7.42. The van der Waals surface area contributed by atoms with Gasteiger partial charge in [0, 0.05) is 0 Å². The number of hydrogen-bond donors (Lipinski definition) is 2. The van der Waals surface area contributed by atoms with E-state index in [9.17, 15) is 31.1 Å². The molecule has 0 aliphatic carbocycles. The van der Waals surface area contributed by atoms with Crippen LogP contribution >= 0.6 is 0 Å². The lowest BCUT2D eigenvalue weighted by Gasteiger charge is -2.31. The summed E-state index contributed by atoms with van der Waals surface area (Å²) in [5, 5.41) is 9.85. The van der Waals surface area contributed by atoms with E-state index in [0.29, 0.717) is 0 Å². The zero-order chi connectivity index (χ0) is 13.6. The van der Waals surface area contributed by atoms with Gasteiger partial charge in [0.25, 0.3) is 0 Å². The molecule has 100 valence electrons. The summed E-state index contributed by atoms with van der Waals surface area (Å²) in [6.45, 7) is 0.863. The lowest BCUT2D eigenvalue weighted by Crippen LogP contribution is -2.66. The van der Waals surface area contributed by atoms with E-state index >= 15 is 0 Å². The van der Waals surface area contributed by atoms with Gasteiger partial charge >= 0.3 is 24.0 Å². The van der Waals surface area contributed by atoms with Crippen LogP contribution in [0.1, 0.15) is 6.92 Å². The molecule has 1 saturated heterocycles. The highest BCUT2D eigenvalue weighted by atomic mass is 19.4. The van der Waals surface area contributed by atoms with Gasteiger partial charge in [0.15, 0.2) is 0 Å². The minimum atomic E-state index is -5.88. The molecule has 1 rings (SSSR count). The molecule has 2 atom stereocenters. The molecule has 0 bridgehead atoms. The third-order valence-corrected chi connectivity index (χ3v) is 2.15. The molecule has 10 heteroatoms. The number of rotatable bonds is 1. The third-order valence-electron chi connectivity index (χ3n) is 2.15. The van der Waals surface area contributed by atoms with Crippen LogP contribution in [0.15, 0.2) is 0 Å². The molecular formula is C7H7F6NO3. The molecule has 1 aliphatic rings. The van der Waals surface area contributed by atoms with Crippen molar-refractivity contribution in [3.05, 3.63) is 0 Å². The van der Waals surface area contributed by atoms with Crippen LogP contribution in [0.3, 0.4) is 0 Å². The van der Waals surface area contributed by atoms with E-state index in [-0.39, 0.29) is 0 Å². The average Bonchev–Trinajstić information content (AvgIpc) is 2.41. The maximum atomic E-state index is 12.4. The van der Waals surface area contributed by atoms with Crippen molar-refractivity contribution in [3.63, 3.8) is 0 Å². The van der Waals surface area contributed by atoms with Gasteiger partial charge in [0.05, 0.1) is 6.10 Å². The Hall–Kier alpha value is -1.03. The Kier molecular flexibility index (Phi) is 3.08. The largest absolute Gasteiger partial charge is 0.452 e. The van der Waals surface area contributed by atoms with Crippen LogP contribution in [0.4, 0.5) is 26.3 Å². The van der Waals surface area contributed by atoms with E-state index in [1.54, 1.807) is 0 Å². The maximum absolute atomic E-state index is 12.4. The first-order valence-corrected chi connectivity index (χ1v) is 4.24. The van der Waals surface area contributed by atoms with Crippen LogP contribution in [0, 0.1) is 0 Å². The summed E-state index contributed by atoms with van der Waals surface area (Å²) >= 11 is 0. The van der Waals surface area contributed by atoms with Gasteiger partial charge in [-0.15, -0.1) is 0 Å². The molecule has 0 radical (unpaired) electrons. The molecule has 0 saturated carbocycles.